The fourth-order valence-electron chi connectivity index (χ4n) is 3.61. The number of hydrogen-bond acceptors (Lipinski definition) is 5. The highest BCUT2D eigenvalue weighted by Crippen LogP contribution is 2.26. The fraction of sp³-hybridized carbons (Fsp3) is 0.480. The smallest absolute Gasteiger partial charge is 0.311 e. The van der Waals surface area contributed by atoms with Crippen LogP contribution < -0.4 is 0 Å². The van der Waals surface area contributed by atoms with E-state index in [1.807, 2.05) is 74.5 Å². The van der Waals surface area contributed by atoms with Gasteiger partial charge in [0.2, 0.25) is 0 Å². The number of esters is 1. The lowest BCUT2D eigenvalue weighted by molar-refractivity contribution is -0.153. The van der Waals surface area contributed by atoms with Crippen molar-refractivity contribution in [2.24, 2.45) is 17.8 Å². The predicted molar refractivity (Wildman–Crippen MR) is 117 cm³/mol. The molecule has 2 aromatic carbocycles. The van der Waals surface area contributed by atoms with Crippen LogP contribution in [0, 0.1) is 17.8 Å². The van der Waals surface area contributed by atoms with Crippen LogP contribution in [0.25, 0.3) is 0 Å². The third kappa shape index (κ3) is 7.24. The Morgan fingerprint density at radius 2 is 1.43 bits per heavy atom. The molecule has 0 aliphatic heterocycles. The molecule has 0 saturated carbocycles. The third-order valence-electron chi connectivity index (χ3n) is 5.48. The van der Waals surface area contributed by atoms with E-state index in [1.54, 1.807) is 6.92 Å². The summed E-state index contributed by atoms with van der Waals surface area (Å²) in [5.74, 6) is -1.32. The van der Waals surface area contributed by atoms with Gasteiger partial charge >= 0.3 is 5.97 Å². The average Bonchev–Trinajstić information content (AvgIpc) is 2.78. The monoisotopic (exact) mass is 414 g/mol. The second-order valence-electron chi connectivity index (χ2n) is 7.90. The van der Waals surface area contributed by atoms with E-state index in [4.69, 9.17) is 14.2 Å². The van der Waals surface area contributed by atoms with Gasteiger partial charge in [-0.15, -0.1) is 0 Å². The molecule has 0 saturated heterocycles. The lowest BCUT2D eigenvalue weighted by Crippen LogP contribution is -2.42. The van der Waals surface area contributed by atoms with Gasteiger partial charge in [0, 0.05) is 11.8 Å². The molecular formula is C25H34O5. The summed E-state index contributed by atoms with van der Waals surface area (Å²) in [6, 6.07) is 19.9. The van der Waals surface area contributed by atoms with Crippen molar-refractivity contribution in [1.29, 1.82) is 0 Å². The second kappa shape index (κ2) is 12.5. The first-order valence-corrected chi connectivity index (χ1v) is 10.5. The van der Waals surface area contributed by atoms with E-state index in [-0.39, 0.29) is 17.9 Å². The summed E-state index contributed by atoms with van der Waals surface area (Å²) in [6.07, 6.45) is -1.17. The molecule has 0 aromatic heterocycles. The number of aliphatic hydroxyl groups is 1. The molecular weight excluding hydrogens is 380 g/mol. The zero-order valence-electron chi connectivity index (χ0n) is 18.4. The molecule has 1 N–H and O–H groups in total. The van der Waals surface area contributed by atoms with Gasteiger partial charge < -0.3 is 19.3 Å². The van der Waals surface area contributed by atoms with E-state index in [0.717, 1.165) is 11.1 Å². The summed E-state index contributed by atoms with van der Waals surface area (Å²) in [5, 5.41) is 10.8. The van der Waals surface area contributed by atoms with Gasteiger partial charge in [0.15, 0.2) is 0 Å². The lowest BCUT2D eigenvalue weighted by atomic mass is 9.84. The first-order chi connectivity index (χ1) is 14.4. The van der Waals surface area contributed by atoms with Crippen LogP contribution in [0.15, 0.2) is 60.7 Å². The van der Waals surface area contributed by atoms with Crippen LogP contribution in [0.4, 0.5) is 0 Å². The molecule has 0 unspecified atom stereocenters. The molecule has 0 heterocycles. The van der Waals surface area contributed by atoms with Crippen molar-refractivity contribution in [1.82, 2.24) is 0 Å². The molecule has 0 spiro atoms. The summed E-state index contributed by atoms with van der Waals surface area (Å²) in [5.41, 5.74) is 2.17. The van der Waals surface area contributed by atoms with E-state index >= 15 is 0 Å². The van der Waals surface area contributed by atoms with E-state index in [1.165, 1.54) is 7.11 Å². The Balaban J connectivity index is 2.03. The molecule has 5 heteroatoms. The van der Waals surface area contributed by atoms with Gasteiger partial charge in [-0.3, -0.25) is 4.79 Å². The van der Waals surface area contributed by atoms with Gasteiger partial charge in [0.05, 0.1) is 45.1 Å². The van der Waals surface area contributed by atoms with Crippen molar-refractivity contribution in [3.8, 4) is 0 Å². The van der Waals surface area contributed by atoms with Crippen molar-refractivity contribution in [2.75, 3.05) is 13.7 Å². The van der Waals surface area contributed by atoms with Gasteiger partial charge in [-0.1, -0.05) is 74.5 Å². The van der Waals surface area contributed by atoms with E-state index < -0.39 is 18.0 Å². The highest BCUT2D eigenvalue weighted by molar-refractivity contribution is 5.72. The van der Waals surface area contributed by atoms with Crippen LogP contribution in [-0.2, 0) is 32.2 Å². The number of ether oxygens (including phenoxy) is 3. The minimum absolute atomic E-state index is 0.0203. The molecule has 30 heavy (non-hydrogen) atoms. The molecule has 0 fully saturated rings. The first kappa shape index (κ1) is 24.1. The third-order valence-corrected chi connectivity index (χ3v) is 5.48. The Morgan fingerprint density at radius 1 is 0.900 bits per heavy atom. The number of carbonyl (C=O) groups is 1. The van der Waals surface area contributed by atoms with Crippen LogP contribution in [-0.4, -0.2) is 37.0 Å². The average molecular weight is 415 g/mol. The minimum atomic E-state index is -0.880. The minimum Gasteiger partial charge on any atom is -0.469 e. The number of methoxy groups -OCH3 is 1. The van der Waals surface area contributed by atoms with Crippen LogP contribution >= 0.6 is 0 Å². The molecule has 2 aromatic rings. The van der Waals surface area contributed by atoms with Gasteiger partial charge in [0.25, 0.3) is 0 Å². The van der Waals surface area contributed by atoms with E-state index in [9.17, 15) is 9.90 Å². The van der Waals surface area contributed by atoms with Crippen molar-refractivity contribution in [3.05, 3.63) is 71.8 Å². The summed E-state index contributed by atoms with van der Waals surface area (Å²) in [6.45, 7) is 7.07. The molecule has 2 rings (SSSR count). The van der Waals surface area contributed by atoms with Gasteiger partial charge in [0.1, 0.15) is 0 Å². The standard InChI is InChI=1S/C25H34O5/c1-18(15-29-16-21-11-7-5-8-12-21)24(30-17-22-13-9-6-10-14-22)19(2)23(26)20(3)25(27)28-4/h5-14,18-20,23-24,26H,15-17H2,1-4H3/t18-,19-,20+,23-,24+/m0/s1. The summed E-state index contributed by atoms with van der Waals surface area (Å²) in [4.78, 5) is 11.9. The Morgan fingerprint density at radius 3 is 1.97 bits per heavy atom. The molecule has 0 amide bonds. The maximum Gasteiger partial charge on any atom is 0.311 e. The Kier molecular flexibility index (Phi) is 10.0. The lowest BCUT2D eigenvalue weighted by Gasteiger charge is -2.34. The molecule has 0 bridgehead atoms. The maximum absolute atomic E-state index is 11.9. The SMILES string of the molecule is COC(=O)[C@H](C)[C@@H](O)[C@H](C)[C@H](OCc1ccccc1)[C@@H](C)COCc1ccccc1. The molecule has 164 valence electrons. The summed E-state index contributed by atoms with van der Waals surface area (Å²) >= 11 is 0. The Hall–Kier alpha value is -2.21. The number of benzene rings is 2. The van der Waals surface area contributed by atoms with Gasteiger partial charge in [-0.25, -0.2) is 0 Å². The zero-order chi connectivity index (χ0) is 21.9. The number of rotatable bonds is 12. The van der Waals surface area contributed by atoms with Crippen molar-refractivity contribution < 1.29 is 24.1 Å². The number of hydrogen-bond donors (Lipinski definition) is 1. The molecule has 5 nitrogen and oxygen atoms in total. The Bertz CT molecular complexity index is 734. The van der Waals surface area contributed by atoms with Crippen LogP contribution in [0.2, 0.25) is 0 Å². The topological polar surface area (TPSA) is 65.0 Å². The molecule has 0 radical (unpaired) electrons. The van der Waals surface area contributed by atoms with E-state index in [2.05, 4.69) is 0 Å². The quantitative estimate of drug-likeness (QED) is 0.527. The van der Waals surface area contributed by atoms with Gasteiger partial charge in [-0.2, -0.15) is 0 Å². The second-order valence-corrected chi connectivity index (χ2v) is 7.90. The van der Waals surface area contributed by atoms with Crippen LogP contribution in [0.1, 0.15) is 31.9 Å². The molecule has 0 aliphatic carbocycles. The van der Waals surface area contributed by atoms with E-state index in [0.29, 0.717) is 19.8 Å². The summed E-state index contributed by atoms with van der Waals surface area (Å²) in [7, 11) is 1.33. The van der Waals surface area contributed by atoms with Crippen LogP contribution in [0.5, 0.6) is 0 Å². The highest BCUT2D eigenvalue weighted by Gasteiger charge is 2.35. The van der Waals surface area contributed by atoms with Gasteiger partial charge in [-0.05, 0) is 18.1 Å². The van der Waals surface area contributed by atoms with Crippen molar-refractivity contribution in [3.63, 3.8) is 0 Å². The van der Waals surface area contributed by atoms with Crippen molar-refractivity contribution in [2.45, 2.75) is 46.2 Å². The first-order valence-electron chi connectivity index (χ1n) is 10.5. The normalized spacial score (nSPS) is 16.3. The Labute approximate surface area is 180 Å². The number of carbonyl (C=O) groups excluding carboxylic acids is 1. The molecule has 5 atom stereocenters. The highest BCUT2D eigenvalue weighted by atomic mass is 16.5. The maximum atomic E-state index is 11.9. The number of aliphatic hydroxyl groups excluding tert-OH is 1. The largest absolute Gasteiger partial charge is 0.469 e. The summed E-state index contributed by atoms with van der Waals surface area (Å²) < 4.78 is 17.0. The van der Waals surface area contributed by atoms with Crippen LogP contribution in [0.3, 0.4) is 0 Å². The van der Waals surface area contributed by atoms with Crippen molar-refractivity contribution >= 4 is 5.97 Å². The predicted octanol–water partition coefficient (Wildman–Crippen LogP) is 4.23. The molecule has 0 aliphatic rings. The fourth-order valence-corrected chi connectivity index (χ4v) is 3.61. The zero-order valence-corrected chi connectivity index (χ0v) is 18.4.